The molecule has 3 rings (SSSR count). The summed E-state index contributed by atoms with van der Waals surface area (Å²) in [5.41, 5.74) is -1.29. The molecule has 1 aliphatic rings. The lowest BCUT2D eigenvalue weighted by molar-refractivity contribution is -0.266. The number of carbonyl (C=O) groups excluding carboxylic acids is 1. The Morgan fingerprint density at radius 2 is 2.00 bits per heavy atom. The number of hydrogen-bond donors (Lipinski definition) is 3. The quantitative estimate of drug-likeness (QED) is 0.756. The molecule has 0 spiro atoms. The van der Waals surface area contributed by atoms with E-state index in [-0.39, 0.29) is 0 Å². The van der Waals surface area contributed by atoms with Crippen LogP contribution in [-0.4, -0.2) is 27.9 Å². The number of amides is 1. The molecule has 21 heavy (non-hydrogen) atoms. The van der Waals surface area contributed by atoms with Gasteiger partial charge in [0, 0.05) is 23.0 Å². The smallest absolute Gasteiger partial charge is 0.363 e. The van der Waals surface area contributed by atoms with Crippen LogP contribution in [0.3, 0.4) is 0 Å². The molecule has 0 saturated carbocycles. The number of aromatic nitrogens is 1. The highest BCUT2D eigenvalue weighted by molar-refractivity contribution is 5.94. The highest BCUT2D eigenvalue weighted by Crippen LogP contribution is 2.43. The molecule has 2 aromatic rings. The number of aliphatic hydroxyl groups is 1. The van der Waals surface area contributed by atoms with Crippen molar-refractivity contribution in [3.8, 4) is 0 Å². The van der Waals surface area contributed by atoms with Gasteiger partial charge in [0.2, 0.25) is 11.6 Å². The number of benzene rings is 1. The van der Waals surface area contributed by atoms with E-state index in [4.69, 9.17) is 0 Å². The largest absolute Gasteiger partial charge is 0.436 e. The van der Waals surface area contributed by atoms with Gasteiger partial charge in [0.25, 0.3) is 0 Å². The van der Waals surface area contributed by atoms with Crippen LogP contribution in [0.15, 0.2) is 24.3 Å². The highest BCUT2D eigenvalue weighted by Gasteiger charge is 2.61. The fraction of sp³-hybridized carbons (Fsp3) is 0.357. The summed E-state index contributed by atoms with van der Waals surface area (Å²) in [6.07, 6.45) is -5.63. The van der Waals surface area contributed by atoms with Crippen LogP contribution in [0.4, 0.5) is 13.2 Å². The van der Waals surface area contributed by atoms with E-state index in [9.17, 15) is 23.1 Å². The fourth-order valence-corrected chi connectivity index (χ4v) is 2.90. The minimum absolute atomic E-state index is 0.503. The number of carbonyl (C=O) groups is 1. The summed E-state index contributed by atoms with van der Waals surface area (Å²) in [6.45, 7) is 1.70. The summed E-state index contributed by atoms with van der Waals surface area (Å²) < 4.78 is 38.6. The van der Waals surface area contributed by atoms with Crippen LogP contribution < -0.4 is 5.32 Å². The summed E-state index contributed by atoms with van der Waals surface area (Å²) in [7, 11) is 0. The molecule has 2 heterocycles. The zero-order valence-electron chi connectivity index (χ0n) is 11.1. The maximum atomic E-state index is 12.9. The molecular weight excluding hydrogens is 285 g/mol. The third kappa shape index (κ3) is 1.99. The number of halogens is 3. The maximum absolute atomic E-state index is 12.9. The molecule has 1 aromatic heterocycles. The van der Waals surface area contributed by atoms with Gasteiger partial charge in [-0.25, -0.2) is 0 Å². The lowest BCUT2D eigenvalue weighted by Gasteiger charge is -2.25. The van der Waals surface area contributed by atoms with E-state index in [1.807, 2.05) is 0 Å². The molecule has 1 fully saturated rings. The van der Waals surface area contributed by atoms with E-state index in [0.717, 1.165) is 5.52 Å². The second-order valence-corrected chi connectivity index (χ2v) is 5.31. The van der Waals surface area contributed by atoms with Crippen LogP contribution >= 0.6 is 0 Å². The minimum atomic E-state index is -4.91. The average molecular weight is 298 g/mol. The van der Waals surface area contributed by atoms with Crippen LogP contribution in [0.1, 0.15) is 23.6 Å². The monoisotopic (exact) mass is 298 g/mol. The SMILES string of the molecule is Cc1[nH]c2ccccc2c1C1CC(O)(C(F)(F)F)NC1=O. The van der Waals surface area contributed by atoms with E-state index in [1.165, 1.54) is 0 Å². The topological polar surface area (TPSA) is 65.1 Å². The fourth-order valence-electron chi connectivity index (χ4n) is 2.90. The van der Waals surface area contributed by atoms with Gasteiger partial charge in [0.05, 0.1) is 5.92 Å². The molecule has 7 heteroatoms. The Morgan fingerprint density at radius 1 is 1.33 bits per heavy atom. The number of rotatable bonds is 1. The van der Waals surface area contributed by atoms with Gasteiger partial charge in [-0.3, -0.25) is 4.79 Å². The van der Waals surface area contributed by atoms with Crippen molar-refractivity contribution in [3.63, 3.8) is 0 Å². The van der Waals surface area contributed by atoms with Gasteiger partial charge >= 0.3 is 6.18 Å². The Morgan fingerprint density at radius 3 is 2.62 bits per heavy atom. The van der Waals surface area contributed by atoms with Gasteiger partial charge in [-0.2, -0.15) is 13.2 Å². The van der Waals surface area contributed by atoms with Gasteiger partial charge in [0.15, 0.2) is 0 Å². The van der Waals surface area contributed by atoms with Crippen molar-refractivity contribution in [2.24, 2.45) is 0 Å². The summed E-state index contributed by atoms with van der Waals surface area (Å²) in [5.74, 6) is -1.85. The van der Waals surface area contributed by atoms with Crippen LogP contribution in [0, 0.1) is 6.92 Å². The predicted octanol–water partition coefficient (Wildman–Crippen LogP) is 2.33. The summed E-state index contributed by atoms with van der Waals surface area (Å²) in [4.78, 5) is 15.0. The zero-order chi connectivity index (χ0) is 15.4. The normalized spacial score (nSPS) is 26.3. The molecule has 2 atom stereocenters. The van der Waals surface area contributed by atoms with E-state index < -0.39 is 30.1 Å². The van der Waals surface area contributed by atoms with Crippen molar-refractivity contribution in [1.29, 1.82) is 0 Å². The molecule has 2 unspecified atom stereocenters. The first-order valence-electron chi connectivity index (χ1n) is 6.41. The molecule has 1 saturated heterocycles. The third-order valence-corrected chi connectivity index (χ3v) is 3.91. The number of alkyl halides is 3. The van der Waals surface area contributed by atoms with Crippen LogP contribution in [0.2, 0.25) is 0 Å². The van der Waals surface area contributed by atoms with E-state index in [0.29, 0.717) is 16.6 Å². The Balaban J connectivity index is 2.08. The second-order valence-electron chi connectivity index (χ2n) is 5.31. The van der Waals surface area contributed by atoms with E-state index in [2.05, 4.69) is 4.98 Å². The number of aromatic amines is 1. The highest BCUT2D eigenvalue weighted by atomic mass is 19.4. The average Bonchev–Trinajstić information content (AvgIpc) is 2.85. The number of aryl methyl sites for hydroxylation is 1. The van der Waals surface area contributed by atoms with Crippen LogP contribution in [0.25, 0.3) is 10.9 Å². The summed E-state index contributed by atoms with van der Waals surface area (Å²) in [5, 5.41) is 12.0. The van der Waals surface area contributed by atoms with E-state index >= 15 is 0 Å². The molecule has 0 aliphatic carbocycles. The molecule has 1 aromatic carbocycles. The van der Waals surface area contributed by atoms with Crippen LogP contribution in [0.5, 0.6) is 0 Å². The molecule has 1 aliphatic heterocycles. The number of H-pyrrole nitrogens is 1. The molecule has 0 radical (unpaired) electrons. The number of nitrogens with one attached hydrogen (secondary N) is 2. The van der Waals surface area contributed by atoms with Crippen molar-refractivity contribution in [2.75, 3.05) is 0 Å². The van der Waals surface area contributed by atoms with Crippen molar-refractivity contribution < 1.29 is 23.1 Å². The lowest BCUT2D eigenvalue weighted by atomic mass is 9.92. The molecule has 112 valence electrons. The van der Waals surface area contributed by atoms with Crippen molar-refractivity contribution in [3.05, 3.63) is 35.5 Å². The maximum Gasteiger partial charge on any atom is 0.436 e. The number of para-hydroxylation sites is 1. The molecule has 4 nitrogen and oxygen atoms in total. The van der Waals surface area contributed by atoms with Gasteiger partial charge in [-0.15, -0.1) is 0 Å². The summed E-state index contributed by atoms with van der Waals surface area (Å²) in [6, 6.07) is 7.08. The second kappa shape index (κ2) is 4.24. The first kappa shape index (κ1) is 13.9. The Labute approximate surface area is 118 Å². The Kier molecular flexibility index (Phi) is 2.81. The Bertz CT molecular complexity index is 723. The minimum Gasteiger partial charge on any atom is -0.363 e. The first-order valence-corrected chi connectivity index (χ1v) is 6.41. The van der Waals surface area contributed by atoms with Crippen molar-refractivity contribution in [1.82, 2.24) is 10.3 Å². The van der Waals surface area contributed by atoms with Crippen molar-refractivity contribution in [2.45, 2.75) is 31.2 Å². The Hall–Kier alpha value is -2.02. The zero-order valence-corrected chi connectivity index (χ0v) is 11.1. The predicted molar refractivity (Wildman–Crippen MR) is 69.5 cm³/mol. The number of hydrogen-bond acceptors (Lipinski definition) is 2. The standard InChI is InChI=1S/C14H13F3N2O2/c1-7-11(8-4-2-3-5-10(8)18-7)9-6-13(21,14(15,16)17)19-12(9)20/h2-5,9,18,21H,6H2,1H3,(H,19,20). The number of fused-ring (bicyclic) bond motifs is 1. The molecule has 1 amide bonds. The van der Waals surface area contributed by atoms with Crippen molar-refractivity contribution >= 4 is 16.8 Å². The van der Waals surface area contributed by atoms with Gasteiger partial charge in [-0.05, 0) is 18.6 Å². The lowest BCUT2D eigenvalue weighted by Crippen LogP contribution is -2.53. The molecule has 0 bridgehead atoms. The molecular formula is C14H13F3N2O2. The van der Waals surface area contributed by atoms with Gasteiger partial charge in [-0.1, -0.05) is 18.2 Å². The van der Waals surface area contributed by atoms with Gasteiger partial charge in [0.1, 0.15) is 0 Å². The molecule has 3 N–H and O–H groups in total. The van der Waals surface area contributed by atoms with Gasteiger partial charge < -0.3 is 15.4 Å². The van der Waals surface area contributed by atoms with Crippen LogP contribution in [-0.2, 0) is 4.79 Å². The summed E-state index contributed by atoms with van der Waals surface area (Å²) >= 11 is 0. The first-order chi connectivity index (χ1) is 9.73. The third-order valence-electron chi connectivity index (χ3n) is 3.91. The van der Waals surface area contributed by atoms with E-state index in [1.54, 1.807) is 36.5 Å².